The summed E-state index contributed by atoms with van der Waals surface area (Å²) in [5, 5.41) is 0.741. The maximum Gasteiger partial charge on any atom is 0.0621 e. The molecule has 106 valence electrons. The third-order valence-electron chi connectivity index (χ3n) is 4.50. The highest BCUT2D eigenvalue weighted by molar-refractivity contribution is 6.31. The molecule has 0 radical (unpaired) electrons. The number of rotatable bonds is 2. The minimum atomic E-state index is -0.137. The first kappa shape index (κ1) is 14.8. The zero-order valence-corrected chi connectivity index (χ0v) is 13.0. The van der Waals surface area contributed by atoms with Gasteiger partial charge in [0.1, 0.15) is 0 Å². The third-order valence-corrected chi connectivity index (χ3v) is 4.84. The fourth-order valence-electron chi connectivity index (χ4n) is 3.67. The molecule has 2 N–H and O–H groups in total. The Labute approximate surface area is 121 Å². The topological polar surface area (TPSA) is 38.9 Å². The molecule has 1 aliphatic carbocycles. The Bertz CT molecular complexity index is 439. The van der Waals surface area contributed by atoms with Crippen molar-refractivity contribution in [3.8, 4) is 0 Å². The second-order valence-corrected chi connectivity index (χ2v) is 7.45. The summed E-state index contributed by atoms with van der Waals surface area (Å²) in [5.41, 5.74) is 8.05. The van der Waals surface area contributed by atoms with E-state index in [0.717, 1.165) is 23.4 Å². The molecule has 1 aromatic rings. The van der Waals surface area contributed by atoms with Crippen molar-refractivity contribution in [2.45, 2.75) is 58.4 Å². The number of hydrogen-bond donors (Lipinski definition) is 1. The van der Waals surface area contributed by atoms with E-state index in [1.54, 1.807) is 12.4 Å². The minimum absolute atomic E-state index is 0.137. The summed E-state index contributed by atoms with van der Waals surface area (Å²) in [5.74, 6) is 0.540. The lowest BCUT2D eigenvalue weighted by Gasteiger charge is -2.48. The molecule has 2 nitrogen and oxygen atoms in total. The molecule has 0 saturated heterocycles. The number of hydrogen-bond acceptors (Lipinski definition) is 2. The van der Waals surface area contributed by atoms with E-state index in [1.165, 1.54) is 19.3 Å². The molecule has 19 heavy (non-hydrogen) atoms. The molecule has 1 fully saturated rings. The van der Waals surface area contributed by atoms with E-state index in [0.29, 0.717) is 5.92 Å². The third kappa shape index (κ3) is 3.29. The molecule has 0 aromatic carbocycles. The standard InChI is InChI=1S/C16H25ClN2/c1-15(2,3)14-6-4-5-8-16(14,18)10-12-7-9-19-11-13(12)17/h7,9,11,14H,4-6,8,10,18H2,1-3H3. The highest BCUT2D eigenvalue weighted by Crippen LogP contribution is 2.44. The maximum atomic E-state index is 6.81. The number of nitrogens with zero attached hydrogens (tertiary/aromatic N) is 1. The normalized spacial score (nSPS) is 28.4. The Morgan fingerprint density at radius 1 is 1.42 bits per heavy atom. The van der Waals surface area contributed by atoms with Crippen LogP contribution in [0.25, 0.3) is 0 Å². The van der Waals surface area contributed by atoms with Gasteiger partial charge >= 0.3 is 0 Å². The van der Waals surface area contributed by atoms with Crippen LogP contribution in [0, 0.1) is 11.3 Å². The van der Waals surface area contributed by atoms with Crippen molar-refractivity contribution in [2.24, 2.45) is 17.1 Å². The predicted octanol–water partition coefficient (Wildman–Crippen LogP) is 4.21. The Morgan fingerprint density at radius 2 is 2.16 bits per heavy atom. The van der Waals surface area contributed by atoms with E-state index in [4.69, 9.17) is 17.3 Å². The average molecular weight is 281 g/mol. The highest BCUT2D eigenvalue weighted by Gasteiger charge is 2.43. The molecule has 0 amide bonds. The number of nitrogens with two attached hydrogens (primary N) is 1. The summed E-state index contributed by atoms with van der Waals surface area (Å²) in [6.07, 6.45) is 9.22. The smallest absolute Gasteiger partial charge is 0.0621 e. The van der Waals surface area contributed by atoms with Crippen molar-refractivity contribution >= 4 is 11.6 Å². The van der Waals surface area contributed by atoms with Gasteiger partial charge in [-0.2, -0.15) is 0 Å². The van der Waals surface area contributed by atoms with Gasteiger partial charge in [0.2, 0.25) is 0 Å². The molecule has 2 rings (SSSR count). The first-order chi connectivity index (χ1) is 8.83. The Hall–Kier alpha value is -0.600. The van der Waals surface area contributed by atoms with Crippen molar-refractivity contribution in [3.63, 3.8) is 0 Å². The second kappa shape index (κ2) is 5.41. The average Bonchev–Trinajstić information content (AvgIpc) is 2.31. The summed E-state index contributed by atoms with van der Waals surface area (Å²) >= 11 is 6.25. The van der Waals surface area contributed by atoms with Gasteiger partial charge < -0.3 is 5.73 Å². The predicted molar refractivity (Wildman–Crippen MR) is 81.3 cm³/mol. The SMILES string of the molecule is CC(C)(C)C1CCCCC1(N)Cc1ccncc1Cl. The Kier molecular flexibility index (Phi) is 4.22. The van der Waals surface area contributed by atoms with Gasteiger partial charge in [-0.25, -0.2) is 0 Å². The van der Waals surface area contributed by atoms with Crippen LogP contribution in [0.2, 0.25) is 5.02 Å². The van der Waals surface area contributed by atoms with E-state index < -0.39 is 0 Å². The van der Waals surface area contributed by atoms with Crippen LogP contribution < -0.4 is 5.73 Å². The van der Waals surface area contributed by atoms with Crippen LogP contribution in [0.4, 0.5) is 0 Å². The van der Waals surface area contributed by atoms with Gasteiger partial charge in [-0.15, -0.1) is 0 Å². The molecule has 0 spiro atoms. The zero-order chi connectivity index (χ0) is 14.1. The van der Waals surface area contributed by atoms with Crippen LogP contribution in [-0.2, 0) is 6.42 Å². The fraction of sp³-hybridized carbons (Fsp3) is 0.688. The molecular weight excluding hydrogens is 256 g/mol. The van der Waals surface area contributed by atoms with Crippen molar-refractivity contribution in [2.75, 3.05) is 0 Å². The van der Waals surface area contributed by atoms with E-state index in [9.17, 15) is 0 Å². The lowest BCUT2D eigenvalue weighted by atomic mass is 9.61. The molecule has 1 saturated carbocycles. The van der Waals surface area contributed by atoms with Crippen molar-refractivity contribution in [1.29, 1.82) is 0 Å². The van der Waals surface area contributed by atoms with Crippen molar-refractivity contribution in [1.82, 2.24) is 4.98 Å². The Morgan fingerprint density at radius 3 is 2.79 bits per heavy atom. The monoisotopic (exact) mass is 280 g/mol. The second-order valence-electron chi connectivity index (χ2n) is 7.04. The lowest BCUT2D eigenvalue weighted by molar-refractivity contribution is 0.0793. The van der Waals surface area contributed by atoms with Crippen LogP contribution in [0.3, 0.4) is 0 Å². The van der Waals surface area contributed by atoms with Gasteiger partial charge in [0.25, 0.3) is 0 Å². The number of pyridine rings is 1. The van der Waals surface area contributed by atoms with E-state index in [-0.39, 0.29) is 11.0 Å². The van der Waals surface area contributed by atoms with Crippen LogP contribution in [0.5, 0.6) is 0 Å². The molecular formula is C16H25ClN2. The van der Waals surface area contributed by atoms with Gasteiger partial charge in [0, 0.05) is 17.9 Å². The summed E-state index contributed by atoms with van der Waals surface area (Å²) < 4.78 is 0. The molecule has 0 bridgehead atoms. The summed E-state index contributed by atoms with van der Waals surface area (Å²) in [7, 11) is 0. The molecule has 1 heterocycles. The molecule has 0 aliphatic heterocycles. The molecule has 3 heteroatoms. The molecule has 2 unspecified atom stereocenters. The van der Waals surface area contributed by atoms with Crippen molar-refractivity contribution < 1.29 is 0 Å². The summed E-state index contributed by atoms with van der Waals surface area (Å²) in [6.45, 7) is 6.91. The summed E-state index contributed by atoms with van der Waals surface area (Å²) in [4.78, 5) is 4.06. The van der Waals surface area contributed by atoms with Gasteiger partial charge in [-0.05, 0) is 42.2 Å². The lowest BCUT2D eigenvalue weighted by Crippen LogP contribution is -2.55. The highest BCUT2D eigenvalue weighted by atomic mass is 35.5. The van der Waals surface area contributed by atoms with Gasteiger partial charge in [-0.3, -0.25) is 4.98 Å². The first-order valence-corrected chi connectivity index (χ1v) is 7.58. The largest absolute Gasteiger partial charge is 0.325 e. The number of halogens is 1. The zero-order valence-electron chi connectivity index (χ0n) is 12.2. The van der Waals surface area contributed by atoms with Crippen LogP contribution in [0.1, 0.15) is 52.0 Å². The van der Waals surface area contributed by atoms with Crippen LogP contribution in [-0.4, -0.2) is 10.5 Å². The quantitative estimate of drug-likeness (QED) is 0.881. The molecule has 1 aliphatic rings. The van der Waals surface area contributed by atoms with Gasteiger partial charge in [-0.1, -0.05) is 45.2 Å². The fourth-order valence-corrected chi connectivity index (χ4v) is 3.86. The molecule has 2 atom stereocenters. The number of aromatic nitrogens is 1. The minimum Gasteiger partial charge on any atom is -0.325 e. The molecule has 1 aromatic heterocycles. The van der Waals surface area contributed by atoms with E-state index in [1.807, 2.05) is 6.07 Å². The van der Waals surface area contributed by atoms with E-state index >= 15 is 0 Å². The summed E-state index contributed by atoms with van der Waals surface area (Å²) in [6, 6.07) is 2.01. The maximum absolute atomic E-state index is 6.81. The first-order valence-electron chi connectivity index (χ1n) is 7.20. The van der Waals surface area contributed by atoms with Crippen molar-refractivity contribution in [3.05, 3.63) is 29.0 Å². The van der Waals surface area contributed by atoms with Crippen LogP contribution in [0.15, 0.2) is 18.5 Å². The van der Waals surface area contributed by atoms with Gasteiger partial charge in [0.05, 0.1) is 5.02 Å². The van der Waals surface area contributed by atoms with E-state index in [2.05, 4.69) is 25.8 Å². The van der Waals surface area contributed by atoms with Gasteiger partial charge in [0.15, 0.2) is 0 Å². The Balaban J connectivity index is 2.26. The van der Waals surface area contributed by atoms with Crippen LogP contribution >= 0.6 is 11.6 Å².